The number of rotatable bonds is 5. The van der Waals surface area contributed by atoms with Crippen LogP contribution in [-0.2, 0) is 4.79 Å². The Bertz CT molecular complexity index is 949. The molecule has 0 saturated carbocycles. The molecule has 3 rings (SSSR count). The monoisotopic (exact) mass is 411 g/mol. The summed E-state index contributed by atoms with van der Waals surface area (Å²) in [5.41, 5.74) is 8.69. The number of hydrogen-bond acceptors (Lipinski definition) is 4. The van der Waals surface area contributed by atoms with Crippen molar-refractivity contribution in [2.45, 2.75) is 6.18 Å². The van der Waals surface area contributed by atoms with Crippen LogP contribution in [0.1, 0.15) is 0 Å². The van der Waals surface area contributed by atoms with Crippen molar-refractivity contribution in [1.29, 1.82) is 0 Å². The van der Waals surface area contributed by atoms with Crippen molar-refractivity contribution in [3.63, 3.8) is 0 Å². The molecule has 0 bridgehead atoms. The fourth-order valence-corrected chi connectivity index (χ4v) is 2.11. The van der Waals surface area contributed by atoms with Crippen LogP contribution >= 0.6 is 0 Å². The highest BCUT2D eigenvalue weighted by molar-refractivity contribution is 5.79. The van der Waals surface area contributed by atoms with E-state index < -0.39 is 12.1 Å². The fraction of sp³-hybridized carbons (Fsp3) is 0.158. The number of nitrogens with two attached hydrogens (primary N) is 1. The van der Waals surface area contributed by atoms with Gasteiger partial charge in [0.2, 0.25) is 0 Å². The van der Waals surface area contributed by atoms with Crippen LogP contribution in [0.25, 0.3) is 22.4 Å². The van der Waals surface area contributed by atoms with E-state index in [2.05, 4.69) is 9.97 Å². The minimum Gasteiger partial charge on any atom is -0.489 e. The standard InChI is InChI=1S/C17H16FN3O.C2HF3O2/c18-9-12(10-19)11-22-14-7-5-13(6-8-14)17-20-15-3-1-2-4-16(15)21-17;3-2(4,5)1(6)7/h1-9H,10-11,19H2,(H,20,21);(H,6,7). The molecule has 1 aromatic heterocycles. The second kappa shape index (κ2) is 9.69. The first-order chi connectivity index (χ1) is 13.7. The molecule has 0 radical (unpaired) electrons. The topological polar surface area (TPSA) is 101 Å². The number of imidazole rings is 1. The molecule has 6 nitrogen and oxygen atoms in total. The van der Waals surface area contributed by atoms with E-state index in [9.17, 15) is 17.6 Å². The molecule has 154 valence electrons. The van der Waals surface area contributed by atoms with Crippen LogP contribution in [0.5, 0.6) is 5.75 Å². The Hall–Kier alpha value is -3.40. The number of nitrogens with zero attached hydrogens (tertiary/aromatic N) is 1. The van der Waals surface area contributed by atoms with Crippen molar-refractivity contribution in [3.8, 4) is 17.1 Å². The molecule has 3 aromatic rings. The summed E-state index contributed by atoms with van der Waals surface area (Å²) in [6, 6.07) is 15.4. The third kappa shape index (κ3) is 6.32. The number of ether oxygens (including phenoxy) is 1. The zero-order valence-corrected chi connectivity index (χ0v) is 14.9. The maximum atomic E-state index is 12.4. The summed E-state index contributed by atoms with van der Waals surface area (Å²) < 4.78 is 49.6. The lowest BCUT2D eigenvalue weighted by atomic mass is 10.2. The number of para-hydroxylation sites is 2. The van der Waals surface area contributed by atoms with E-state index in [1.165, 1.54) is 0 Å². The lowest BCUT2D eigenvalue weighted by Crippen LogP contribution is -2.21. The highest BCUT2D eigenvalue weighted by atomic mass is 19.4. The number of nitrogens with one attached hydrogen (secondary N) is 1. The van der Waals surface area contributed by atoms with E-state index in [0.29, 0.717) is 17.7 Å². The van der Waals surface area contributed by atoms with E-state index in [1.807, 2.05) is 48.5 Å². The summed E-state index contributed by atoms with van der Waals surface area (Å²) in [5.74, 6) is -1.29. The molecular weight excluding hydrogens is 394 g/mol. The van der Waals surface area contributed by atoms with Crippen LogP contribution < -0.4 is 10.5 Å². The van der Waals surface area contributed by atoms with Crippen molar-refractivity contribution < 1.29 is 32.2 Å². The van der Waals surface area contributed by atoms with Crippen molar-refractivity contribution in [3.05, 3.63) is 60.4 Å². The second-order valence-corrected chi connectivity index (χ2v) is 5.69. The molecule has 0 aliphatic rings. The SMILES string of the molecule is NCC(=CF)COc1ccc(-c2nc3ccccc3[nH]2)cc1.O=C(O)C(F)(F)F. The van der Waals surface area contributed by atoms with E-state index in [4.69, 9.17) is 20.4 Å². The number of fused-ring (bicyclic) bond motifs is 1. The Labute approximate surface area is 162 Å². The van der Waals surface area contributed by atoms with E-state index in [1.54, 1.807) is 0 Å². The molecule has 0 aliphatic carbocycles. The highest BCUT2D eigenvalue weighted by Crippen LogP contribution is 2.23. The number of benzene rings is 2. The summed E-state index contributed by atoms with van der Waals surface area (Å²) in [6.45, 7) is 0.296. The zero-order chi connectivity index (χ0) is 21.4. The molecule has 0 fully saturated rings. The number of hydrogen-bond donors (Lipinski definition) is 3. The number of aliphatic carboxylic acids is 1. The maximum Gasteiger partial charge on any atom is 0.490 e. The molecule has 0 aliphatic heterocycles. The van der Waals surface area contributed by atoms with E-state index in [-0.39, 0.29) is 13.2 Å². The van der Waals surface area contributed by atoms with Gasteiger partial charge in [-0.2, -0.15) is 13.2 Å². The van der Waals surface area contributed by atoms with Gasteiger partial charge in [-0.1, -0.05) is 12.1 Å². The van der Waals surface area contributed by atoms with Gasteiger partial charge in [0.15, 0.2) is 0 Å². The van der Waals surface area contributed by atoms with Crippen molar-refractivity contribution in [2.24, 2.45) is 5.73 Å². The summed E-state index contributed by atoms with van der Waals surface area (Å²) in [7, 11) is 0. The third-order valence-corrected chi connectivity index (χ3v) is 3.60. The first-order valence-corrected chi connectivity index (χ1v) is 8.21. The largest absolute Gasteiger partial charge is 0.490 e. The van der Waals surface area contributed by atoms with Crippen LogP contribution in [0.3, 0.4) is 0 Å². The quantitative estimate of drug-likeness (QED) is 0.550. The first kappa shape index (κ1) is 21.9. The minimum absolute atomic E-state index is 0.146. The van der Waals surface area contributed by atoms with Gasteiger partial charge < -0.3 is 20.6 Å². The van der Waals surface area contributed by atoms with Crippen molar-refractivity contribution in [1.82, 2.24) is 9.97 Å². The van der Waals surface area contributed by atoms with Gasteiger partial charge in [-0.05, 0) is 36.4 Å². The van der Waals surface area contributed by atoms with Crippen LogP contribution in [0, 0.1) is 0 Å². The molecule has 10 heteroatoms. The molecule has 0 unspecified atom stereocenters. The van der Waals surface area contributed by atoms with Crippen LogP contribution in [0.2, 0.25) is 0 Å². The normalized spacial score (nSPS) is 11.7. The predicted octanol–water partition coefficient (Wildman–Crippen LogP) is 4.05. The number of halogens is 4. The maximum absolute atomic E-state index is 12.4. The molecule has 29 heavy (non-hydrogen) atoms. The average Bonchev–Trinajstić information content (AvgIpc) is 3.13. The van der Waals surface area contributed by atoms with Gasteiger partial charge in [-0.3, -0.25) is 0 Å². The Balaban J connectivity index is 0.000000370. The number of alkyl halides is 3. The molecule has 4 N–H and O–H groups in total. The predicted molar refractivity (Wildman–Crippen MR) is 99.0 cm³/mol. The second-order valence-electron chi connectivity index (χ2n) is 5.69. The van der Waals surface area contributed by atoms with Crippen LogP contribution in [0.4, 0.5) is 17.6 Å². The van der Waals surface area contributed by atoms with E-state index >= 15 is 0 Å². The number of carboxylic acid groups (broad SMARTS) is 1. The number of aromatic amines is 1. The summed E-state index contributed by atoms with van der Waals surface area (Å²) in [5, 5.41) is 7.12. The Morgan fingerprint density at radius 1 is 1.17 bits per heavy atom. The van der Waals surface area contributed by atoms with Gasteiger partial charge >= 0.3 is 12.1 Å². The smallest absolute Gasteiger partial charge is 0.489 e. The van der Waals surface area contributed by atoms with Gasteiger partial charge in [0.05, 0.1) is 17.4 Å². The number of H-pyrrole nitrogens is 1. The Kier molecular flexibility index (Phi) is 7.32. The molecule has 2 aromatic carbocycles. The molecule has 0 saturated heterocycles. The molecule has 0 amide bonds. The first-order valence-electron chi connectivity index (χ1n) is 8.21. The molecular formula is C19H17F4N3O3. The molecule has 0 spiro atoms. The van der Waals surface area contributed by atoms with Crippen molar-refractivity contribution in [2.75, 3.05) is 13.2 Å². The molecule has 1 heterocycles. The average molecular weight is 411 g/mol. The summed E-state index contributed by atoms with van der Waals surface area (Å²) >= 11 is 0. The zero-order valence-electron chi connectivity index (χ0n) is 14.9. The van der Waals surface area contributed by atoms with E-state index in [0.717, 1.165) is 22.4 Å². The number of carbonyl (C=O) groups is 1. The lowest BCUT2D eigenvalue weighted by Gasteiger charge is -2.07. The van der Waals surface area contributed by atoms with Gasteiger partial charge in [-0.25, -0.2) is 14.2 Å². The summed E-state index contributed by atoms with van der Waals surface area (Å²) in [4.78, 5) is 16.7. The van der Waals surface area contributed by atoms with Gasteiger partial charge in [0.25, 0.3) is 0 Å². The lowest BCUT2D eigenvalue weighted by molar-refractivity contribution is -0.192. The van der Waals surface area contributed by atoms with Gasteiger partial charge in [0.1, 0.15) is 18.2 Å². The third-order valence-electron chi connectivity index (χ3n) is 3.60. The van der Waals surface area contributed by atoms with Crippen LogP contribution in [-0.4, -0.2) is 40.4 Å². The number of carboxylic acids is 1. The number of aromatic nitrogens is 2. The Morgan fingerprint density at radius 3 is 2.31 bits per heavy atom. The Morgan fingerprint density at radius 2 is 1.79 bits per heavy atom. The highest BCUT2D eigenvalue weighted by Gasteiger charge is 2.38. The minimum atomic E-state index is -5.08. The fourth-order valence-electron chi connectivity index (χ4n) is 2.11. The van der Waals surface area contributed by atoms with Crippen LogP contribution in [0.15, 0.2) is 60.4 Å². The van der Waals surface area contributed by atoms with Gasteiger partial charge in [-0.15, -0.1) is 0 Å². The van der Waals surface area contributed by atoms with Gasteiger partial charge in [0, 0.05) is 17.7 Å². The molecule has 0 atom stereocenters. The summed E-state index contributed by atoms with van der Waals surface area (Å²) in [6.07, 6.45) is -4.59. The van der Waals surface area contributed by atoms with Crippen molar-refractivity contribution >= 4 is 17.0 Å².